The first kappa shape index (κ1) is 14.6. The van der Waals surface area contributed by atoms with Gasteiger partial charge in [0, 0.05) is 6.54 Å². The molecule has 0 N–H and O–H groups in total. The maximum absolute atomic E-state index is 4.60. The fraction of sp³-hybridized carbons (Fsp3) is 0.500. The van der Waals surface area contributed by atoms with Gasteiger partial charge in [0.05, 0.1) is 18.0 Å². The second-order valence-corrected chi connectivity index (χ2v) is 6.96. The minimum Gasteiger partial charge on any atom is -0.351 e. The van der Waals surface area contributed by atoms with Crippen LogP contribution < -0.4 is 4.90 Å². The first-order valence-corrected chi connectivity index (χ1v) is 8.93. The number of aryl methyl sites for hydroxylation is 2. The molecule has 4 rings (SSSR count). The summed E-state index contributed by atoms with van der Waals surface area (Å²) in [5.41, 5.74) is 0. The third kappa shape index (κ3) is 2.69. The fourth-order valence-corrected chi connectivity index (χ4v) is 4.14. The summed E-state index contributed by atoms with van der Waals surface area (Å²) >= 11 is 1.67. The molecule has 7 heteroatoms. The zero-order valence-electron chi connectivity index (χ0n) is 13.4. The highest BCUT2D eigenvalue weighted by molar-refractivity contribution is 7.16. The van der Waals surface area contributed by atoms with E-state index >= 15 is 0 Å². The van der Waals surface area contributed by atoms with Crippen molar-refractivity contribution in [3.05, 3.63) is 29.4 Å². The van der Waals surface area contributed by atoms with Gasteiger partial charge in [0.2, 0.25) is 0 Å². The van der Waals surface area contributed by atoms with Crippen molar-refractivity contribution in [1.29, 1.82) is 0 Å². The predicted octanol–water partition coefficient (Wildman–Crippen LogP) is 2.96. The lowest BCUT2D eigenvalue weighted by atomic mass is 10.0. The minimum atomic E-state index is 0.404. The van der Waals surface area contributed by atoms with Crippen LogP contribution in [-0.4, -0.2) is 37.3 Å². The van der Waals surface area contributed by atoms with E-state index in [0.717, 1.165) is 47.2 Å². The van der Waals surface area contributed by atoms with Gasteiger partial charge in [0.15, 0.2) is 0 Å². The van der Waals surface area contributed by atoms with Crippen LogP contribution in [-0.2, 0) is 6.54 Å². The van der Waals surface area contributed by atoms with E-state index in [4.69, 9.17) is 0 Å². The molecule has 0 saturated carbocycles. The zero-order chi connectivity index (χ0) is 15.8. The van der Waals surface area contributed by atoms with Crippen molar-refractivity contribution >= 4 is 27.4 Å². The SMILES string of the molecule is Cc1nc(C)n(C[C@H]2CCCCN2c2ncnc3sccc23)n1. The highest BCUT2D eigenvalue weighted by atomic mass is 32.1. The third-order valence-corrected chi connectivity index (χ3v) is 5.31. The summed E-state index contributed by atoms with van der Waals surface area (Å²) in [6.07, 6.45) is 5.31. The quantitative estimate of drug-likeness (QED) is 0.740. The summed E-state index contributed by atoms with van der Waals surface area (Å²) < 4.78 is 2.03. The number of fused-ring (bicyclic) bond motifs is 1. The Morgan fingerprint density at radius 3 is 3.00 bits per heavy atom. The number of piperidine rings is 1. The first-order chi connectivity index (χ1) is 11.2. The van der Waals surface area contributed by atoms with Gasteiger partial charge in [-0.25, -0.2) is 19.6 Å². The summed E-state index contributed by atoms with van der Waals surface area (Å²) in [4.78, 5) is 16.9. The van der Waals surface area contributed by atoms with E-state index in [9.17, 15) is 0 Å². The Kier molecular flexibility index (Phi) is 3.72. The van der Waals surface area contributed by atoms with E-state index in [2.05, 4.69) is 36.4 Å². The molecule has 0 spiro atoms. The van der Waals surface area contributed by atoms with Crippen molar-refractivity contribution in [1.82, 2.24) is 24.7 Å². The maximum Gasteiger partial charge on any atom is 0.147 e. The number of rotatable bonds is 3. The van der Waals surface area contributed by atoms with E-state index in [0.29, 0.717) is 6.04 Å². The standard InChI is InChI=1S/C16H20N6S/c1-11-19-12(2)22(20-11)9-13-5-3-4-7-21(13)15-14-6-8-23-16(14)18-10-17-15/h6,8,10,13H,3-5,7,9H2,1-2H3/t13-/m1/s1. The minimum absolute atomic E-state index is 0.404. The van der Waals surface area contributed by atoms with Crippen LogP contribution in [0.15, 0.2) is 17.8 Å². The molecule has 0 aliphatic carbocycles. The van der Waals surface area contributed by atoms with Crippen LogP contribution >= 0.6 is 11.3 Å². The number of thiophene rings is 1. The van der Waals surface area contributed by atoms with Crippen molar-refractivity contribution in [2.45, 2.75) is 45.7 Å². The largest absolute Gasteiger partial charge is 0.351 e. The van der Waals surface area contributed by atoms with Gasteiger partial charge >= 0.3 is 0 Å². The van der Waals surface area contributed by atoms with E-state index in [1.54, 1.807) is 17.7 Å². The van der Waals surface area contributed by atoms with Gasteiger partial charge in [0.25, 0.3) is 0 Å². The monoisotopic (exact) mass is 328 g/mol. The molecule has 0 unspecified atom stereocenters. The molecular weight excluding hydrogens is 308 g/mol. The van der Waals surface area contributed by atoms with Crippen LogP contribution in [0.5, 0.6) is 0 Å². The van der Waals surface area contributed by atoms with Crippen molar-refractivity contribution in [2.24, 2.45) is 0 Å². The fourth-order valence-electron chi connectivity index (χ4n) is 3.41. The van der Waals surface area contributed by atoms with Crippen molar-refractivity contribution in [2.75, 3.05) is 11.4 Å². The van der Waals surface area contributed by atoms with E-state index in [1.165, 1.54) is 12.8 Å². The van der Waals surface area contributed by atoms with Crippen LogP contribution in [0.4, 0.5) is 5.82 Å². The Morgan fingerprint density at radius 2 is 2.17 bits per heavy atom. The average molecular weight is 328 g/mol. The number of nitrogens with zero attached hydrogens (tertiary/aromatic N) is 6. The molecule has 3 aromatic rings. The van der Waals surface area contributed by atoms with E-state index in [1.807, 2.05) is 18.5 Å². The summed E-state index contributed by atoms with van der Waals surface area (Å²) in [7, 11) is 0. The number of hydrogen-bond donors (Lipinski definition) is 0. The molecule has 1 aliphatic heterocycles. The molecule has 0 aromatic carbocycles. The van der Waals surface area contributed by atoms with Gasteiger partial charge < -0.3 is 4.90 Å². The zero-order valence-corrected chi connectivity index (χ0v) is 14.3. The van der Waals surface area contributed by atoms with Gasteiger partial charge in [-0.2, -0.15) is 5.10 Å². The van der Waals surface area contributed by atoms with Crippen molar-refractivity contribution in [3.63, 3.8) is 0 Å². The highest BCUT2D eigenvalue weighted by Gasteiger charge is 2.26. The number of anilines is 1. The second-order valence-electron chi connectivity index (χ2n) is 6.07. The Labute approximate surface area is 139 Å². The normalized spacial score (nSPS) is 18.7. The average Bonchev–Trinajstić information content (AvgIpc) is 3.14. The third-order valence-electron chi connectivity index (χ3n) is 4.49. The Balaban J connectivity index is 1.68. The number of aromatic nitrogens is 5. The molecule has 0 amide bonds. The predicted molar refractivity (Wildman–Crippen MR) is 91.9 cm³/mol. The lowest BCUT2D eigenvalue weighted by molar-refractivity contribution is 0.392. The lowest BCUT2D eigenvalue weighted by Crippen LogP contribution is -2.43. The maximum atomic E-state index is 4.60. The van der Waals surface area contributed by atoms with Crippen LogP contribution in [0.3, 0.4) is 0 Å². The molecule has 4 heterocycles. The number of hydrogen-bond acceptors (Lipinski definition) is 6. The molecule has 1 atom stereocenters. The summed E-state index contributed by atoms with van der Waals surface area (Å²) in [5.74, 6) is 2.89. The summed E-state index contributed by atoms with van der Waals surface area (Å²) in [6, 6.07) is 2.54. The Morgan fingerprint density at radius 1 is 1.26 bits per heavy atom. The molecular formula is C16H20N6S. The van der Waals surface area contributed by atoms with Crippen molar-refractivity contribution < 1.29 is 0 Å². The summed E-state index contributed by atoms with van der Waals surface area (Å²) in [6.45, 7) is 5.87. The molecule has 1 aliphatic rings. The van der Waals surface area contributed by atoms with Gasteiger partial charge in [-0.05, 0) is 44.6 Å². The molecule has 1 fully saturated rings. The Hall–Kier alpha value is -2.02. The van der Waals surface area contributed by atoms with Gasteiger partial charge in [-0.15, -0.1) is 11.3 Å². The molecule has 120 valence electrons. The van der Waals surface area contributed by atoms with Crippen LogP contribution in [0.25, 0.3) is 10.2 Å². The first-order valence-electron chi connectivity index (χ1n) is 8.05. The van der Waals surface area contributed by atoms with Crippen LogP contribution in [0.1, 0.15) is 30.9 Å². The summed E-state index contributed by atoms with van der Waals surface area (Å²) in [5, 5.41) is 7.79. The molecule has 6 nitrogen and oxygen atoms in total. The topological polar surface area (TPSA) is 59.7 Å². The van der Waals surface area contributed by atoms with E-state index in [-0.39, 0.29) is 0 Å². The highest BCUT2D eigenvalue weighted by Crippen LogP contribution is 2.31. The molecule has 23 heavy (non-hydrogen) atoms. The van der Waals surface area contributed by atoms with Crippen LogP contribution in [0, 0.1) is 13.8 Å². The Bertz CT molecular complexity index is 823. The molecule has 0 bridgehead atoms. The van der Waals surface area contributed by atoms with Crippen molar-refractivity contribution in [3.8, 4) is 0 Å². The smallest absolute Gasteiger partial charge is 0.147 e. The molecule has 1 saturated heterocycles. The lowest BCUT2D eigenvalue weighted by Gasteiger charge is -2.37. The molecule has 0 radical (unpaired) electrons. The molecule has 3 aromatic heterocycles. The van der Waals surface area contributed by atoms with Gasteiger partial charge in [-0.1, -0.05) is 0 Å². The van der Waals surface area contributed by atoms with Gasteiger partial charge in [-0.3, -0.25) is 0 Å². The second kappa shape index (κ2) is 5.88. The van der Waals surface area contributed by atoms with Gasteiger partial charge in [0.1, 0.15) is 28.6 Å². The van der Waals surface area contributed by atoms with Crippen LogP contribution in [0.2, 0.25) is 0 Å². The van der Waals surface area contributed by atoms with E-state index < -0.39 is 0 Å².